The lowest BCUT2D eigenvalue weighted by molar-refractivity contribution is 0.570. The summed E-state index contributed by atoms with van der Waals surface area (Å²) in [6.45, 7) is 2.59. The normalized spacial score (nSPS) is 12.7. The Balaban J connectivity index is 2.28. The minimum atomic E-state index is 0.226. The first kappa shape index (κ1) is 9.86. The van der Waals surface area contributed by atoms with Crippen molar-refractivity contribution in [1.29, 1.82) is 0 Å². The predicted octanol–water partition coefficient (Wildman–Crippen LogP) is 1.80. The van der Waals surface area contributed by atoms with Gasteiger partial charge in [-0.15, -0.1) is 0 Å². The molecule has 0 radical (unpaired) electrons. The minimum absolute atomic E-state index is 0.226. The Bertz CT molecular complexity index is 424. The summed E-state index contributed by atoms with van der Waals surface area (Å²) in [5.74, 6) is 0.844. The topological polar surface area (TPSA) is 64.9 Å². The Morgan fingerprint density at radius 1 is 1.40 bits per heavy atom. The quantitative estimate of drug-likeness (QED) is 0.826. The van der Waals surface area contributed by atoms with Crippen LogP contribution in [0.1, 0.15) is 18.5 Å². The molecule has 0 spiro atoms. The molecule has 2 N–H and O–H groups in total. The van der Waals surface area contributed by atoms with Crippen molar-refractivity contribution in [2.24, 2.45) is 5.73 Å². The molecule has 2 rings (SSSR count). The van der Waals surface area contributed by atoms with Gasteiger partial charge in [0.15, 0.2) is 0 Å². The highest BCUT2D eigenvalue weighted by atomic mass is 16.3. The standard InChI is InChI=1S/C11H13N3O/c1-8(6-12)10-7-15-11(14-10)9-2-4-13-5-3-9/h2-5,7-8H,6,12H2,1H3. The molecule has 0 saturated heterocycles. The molecule has 2 aromatic heterocycles. The van der Waals surface area contributed by atoms with Crippen LogP contribution in [0.4, 0.5) is 0 Å². The fourth-order valence-corrected chi connectivity index (χ4v) is 1.26. The maximum absolute atomic E-state index is 5.56. The van der Waals surface area contributed by atoms with E-state index >= 15 is 0 Å². The van der Waals surface area contributed by atoms with E-state index in [1.807, 2.05) is 19.1 Å². The fraction of sp³-hybridized carbons (Fsp3) is 0.273. The van der Waals surface area contributed by atoms with Crippen LogP contribution < -0.4 is 5.73 Å². The molecule has 0 aliphatic rings. The molecule has 78 valence electrons. The Labute approximate surface area is 88.2 Å². The van der Waals surface area contributed by atoms with Gasteiger partial charge in [-0.05, 0) is 12.1 Å². The van der Waals surface area contributed by atoms with Crippen molar-refractivity contribution in [2.75, 3.05) is 6.54 Å². The molecule has 0 fully saturated rings. The van der Waals surface area contributed by atoms with Crippen LogP contribution in [-0.4, -0.2) is 16.5 Å². The number of nitrogens with two attached hydrogens (primary N) is 1. The lowest BCUT2D eigenvalue weighted by Crippen LogP contribution is -2.08. The summed E-state index contributed by atoms with van der Waals surface area (Å²) in [4.78, 5) is 8.32. The number of aromatic nitrogens is 2. The highest BCUT2D eigenvalue weighted by Gasteiger charge is 2.10. The maximum atomic E-state index is 5.56. The summed E-state index contributed by atoms with van der Waals surface area (Å²) >= 11 is 0. The number of hydrogen-bond donors (Lipinski definition) is 1. The van der Waals surface area contributed by atoms with Crippen LogP contribution in [0.2, 0.25) is 0 Å². The van der Waals surface area contributed by atoms with Crippen LogP contribution in [0, 0.1) is 0 Å². The molecule has 1 atom stereocenters. The number of nitrogens with zero attached hydrogens (tertiary/aromatic N) is 2. The van der Waals surface area contributed by atoms with E-state index in [2.05, 4.69) is 9.97 Å². The molecule has 0 aliphatic heterocycles. The van der Waals surface area contributed by atoms with E-state index < -0.39 is 0 Å². The molecule has 2 aromatic rings. The first-order chi connectivity index (χ1) is 7.31. The molecule has 0 aromatic carbocycles. The molecular formula is C11H13N3O. The molecule has 0 bridgehead atoms. The smallest absolute Gasteiger partial charge is 0.226 e. The van der Waals surface area contributed by atoms with Crippen LogP contribution in [0.5, 0.6) is 0 Å². The Hall–Kier alpha value is -1.68. The van der Waals surface area contributed by atoms with Crippen LogP contribution in [0.25, 0.3) is 11.5 Å². The summed E-state index contributed by atoms with van der Waals surface area (Å²) in [5.41, 5.74) is 7.38. The fourth-order valence-electron chi connectivity index (χ4n) is 1.26. The average Bonchev–Trinajstić information content (AvgIpc) is 2.78. The van der Waals surface area contributed by atoms with E-state index in [-0.39, 0.29) is 5.92 Å². The zero-order chi connectivity index (χ0) is 10.7. The van der Waals surface area contributed by atoms with E-state index in [1.165, 1.54) is 0 Å². The highest BCUT2D eigenvalue weighted by molar-refractivity contribution is 5.51. The summed E-state index contributed by atoms with van der Waals surface area (Å²) in [6, 6.07) is 3.73. The van der Waals surface area contributed by atoms with Crippen molar-refractivity contribution in [2.45, 2.75) is 12.8 Å². The molecule has 0 amide bonds. The van der Waals surface area contributed by atoms with Crippen LogP contribution in [-0.2, 0) is 0 Å². The molecule has 0 aliphatic carbocycles. The SMILES string of the molecule is CC(CN)c1coc(-c2ccncc2)n1. The van der Waals surface area contributed by atoms with Crippen molar-refractivity contribution in [3.05, 3.63) is 36.5 Å². The molecule has 0 saturated carbocycles. The van der Waals surface area contributed by atoms with Crippen molar-refractivity contribution in [3.8, 4) is 11.5 Å². The maximum Gasteiger partial charge on any atom is 0.226 e. The van der Waals surface area contributed by atoms with E-state index in [1.54, 1.807) is 18.7 Å². The molecule has 15 heavy (non-hydrogen) atoms. The van der Waals surface area contributed by atoms with Gasteiger partial charge in [0.1, 0.15) is 6.26 Å². The van der Waals surface area contributed by atoms with Crippen molar-refractivity contribution in [1.82, 2.24) is 9.97 Å². The monoisotopic (exact) mass is 203 g/mol. The second-order valence-corrected chi connectivity index (χ2v) is 3.45. The third-order valence-corrected chi connectivity index (χ3v) is 2.31. The number of oxazole rings is 1. The Kier molecular flexibility index (Phi) is 2.78. The Morgan fingerprint density at radius 2 is 2.13 bits per heavy atom. The van der Waals surface area contributed by atoms with E-state index in [9.17, 15) is 0 Å². The van der Waals surface area contributed by atoms with E-state index in [0.717, 1.165) is 11.3 Å². The third kappa shape index (κ3) is 2.05. The van der Waals surface area contributed by atoms with E-state index in [0.29, 0.717) is 12.4 Å². The molecule has 2 heterocycles. The van der Waals surface area contributed by atoms with Gasteiger partial charge in [0.25, 0.3) is 0 Å². The lowest BCUT2D eigenvalue weighted by Gasteiger charge is -2.00. The van der Waals surface area contributed by atoms with Crippen molar-refractivity contribution in [3.63, 3.8) is 0 Å². The largest absolute Gasteiger partial charge is 0.444 e. The second-order valence-electron chi connectivity index (χ2n) is 3.45. The number of pyridine rings is 1. The predicted molar refractivity (Wildman–Crippen MR) is 57.2 cm³/mol. The van der Waals surface area contributed by atoms with Gasteiger partial charge >= 0.3 is 0 Å². The molecule has 4 heteroatoms. The summed E-state index contributed by atoms with van der Waals surface area (Å²) < 4.78 is 5.38. The molecule has 1 unspecified atom stereocenters. The third-order valence-electron chi connectivity index (χ3n) is 2.31. The number of hydrogen-bond acceptors (Lipinski definition) is 4. The van der Waals surface area contributed by atoms with Gasteiger partial charge in [0, 0.05) is 30.4 Å². The van der Waals surface area contributed by atoms with Gasteiger partial charge in [-0.25, -0.2) is 4.98 Å². The lowest BCUT2D eigenvalue weighted by atomic mass is 10.1. The van der Waals surface area contributed by atoms with E-state index in [4.69, 9.17) is 10.2 Å². The first-order valence-electron chi connectivity index (χ1n) is 4.87. The summed E-state index contributed by atoms with van der Waals surface area (Å²) in [6.07, 6.45) is 5.09. The molecular weight excluding hydrogens is 190 g/mol. The molecule has 4 nitrogen and oxygen atoms in total. The first-order valence-corrected chi connectivity index (χ1v) is 4.87. The average molecular weight is 203 g/mol. The minimum Gasteiger partial charge on any atom is -0.444 e. The Morgan fingerprint density at radius 3 is 2.80 bits per heavy atom. The van der Waals surface area contributed by atoms with Crippen LogP contribution in [0.3, 0.4) is 0 Å². The number of rotatable bonds is 3. The van der Waals surface area contributed by atoms with Gasteiger partial charge in [-0.1, -0.05) is 6.92 Å². The van der Waals surface area contributed by atoms with Crippen molar-refractivity contribution < 1.29 is 4.42 Å². The highest BCUT2D eigenvalue weighted by Crippen LogP contribution is 2.20. The zero-order valence-electron chi connectivity index (χ0n) is 8.55. The van der Waals surface area contributed by atoms with Crippen LogP contribution in [0.15, 0.2) is 35.2 Å². The van der Waals surface area contributed by atoms with Crippen molar-refractivity contribution >= 4 is 0 Å². The van der Waals surface area contributed by atoms with Gasteiger partial charge in [-0.3, -0.25) is 4.98 Å². The van der Waals surface area contributed by atoms with Gasteiger partial charge in [-0.2, -0.15) is 0 Å². The van der Waals surface area contributed by atoms with Gasteiger partial charge in [0.05, 0.1) is 5.69 Å². The summed E-state index contributed by atoms with van der Waals surface area (Å²) in [5, 5.41) is 0. The zero-order valence-corrected chi connectivity index (χ0v) is 8.55. The van der Waals surface area contributed by atoms with Gasteiger partial charge in [0.2, 0.25) is 5.89 Å². The summed E-state index contributed by atoms with van der Waals surface area (Å²) in [7, 11) is 0. The van der Waals surface area contributed by atoms with Crippen LogP contribution >= 0.6 is 0 Å². The second kappa shape index (κ2) is 4.23. The van der Waals surface area contributed by atoms with Gasteiger partial charge < -0.3 is 10.2 Å².